The van der Waals surface area contributed by atoms with Gasteiger partial charge in [-0.25, -0.2) is 0 Å². The van der Waals surface area contributed by atoms with Crippen molar-refractivity contribution in [1.82, 2.24) is 20.2 Å². The Kier molecular flexibility index (Phi) is 4.12. The second kappa shape index (κ2) is 6.37. The Morgan fingerprint density at radius 2 is 2.00 bits per heavy atom. The normalized spacial score (nSPS) is 10.1. The summed E-state index contributed by atoms with van der Waals surface area (Å²) in [5.41, 5.74) is 1.62. The number of halogens is 1. The number of carbonyl (C=O) groups excluding carboxylic acids is 1. The number of amides is 1. The van der Waals surface area contributed by atoms with Gasteiger partial charge < -0.3 is 5.32 Å². The van der Waals surface area contributed by atoms with Crippen molar-refractivity contribution in [1.29, 1.82) is 5.26 Å². The van der Waals surface area contributed by atoms with E-state index in [0.29, 0.717) is 16.9 Å². The molecule has 112 valence electrons. The molecule has 1 amide bonds. The highest BCUT2D eigenvalue weighted by Gasteiger charge is 2.17. The van der Waals surface area contributed by atoms with Gasteiger partial charge in [-0.15, -0.1) is 5.10 Å². The summed E-state index contributed by atoms with van der Waals surface area (Å²) in [6.07, 6.45) is 0. The molecule has 0 aliphatic heterocycles. The number of anilines is 1. The Labute approximate surface area is 139 Å². The molecule has 1 aromatic heterocycles. The SMILES string of the molecule is N#Cc1cccc(-n2nnnc2C(=O)Nc2ccc(Br)cc2)c1. The van der Waals surface area contributed by atoms with Crippen molar-refractivity contribution in [3.8, 4) is 11.8 Å². The van der Waals surface area contributed by atoms with Crippen molar-refractivity contribution in [3.05, 3.63) is 64.4 Å². The number of nitrogens with zero attached hydrogens (tertiary/aromatic N) is 5. The van der Waals surface area contributed by atoms with Gasteiger partial charge in [0, 0.05) is 10.2 Å². The average molecular weight is 369 g/mol. The Morgan fingerprint density at radius 3 is 2.74 bits per heavy atom. The van der Waals surface area contributed by atoms with E-state index in [1.54, 1.807) is 36.4 Å². The first-order valence-electron chi connectivity index (χ1n) is 6.53. The van der Waals surface area contributed by atoms with Crippen molar-refractivity contribution in [2.24, 2.45) is 0 Å². The number of rotatable bonds is 3. The molecule has 1 N–H and O–H groups in total. The minimum atomic E-state index is -0.445. The highest BCUT2D eigenvalue weighted by Crippen LogP contribution is 2.15. The lowest BCUT2D eigenvalue weighted by Gasteiger charge is -2.06. The van der Waals surface area contributed by atoms with Gasteiger partial charge in [-0.05, 0) is 52.9 Å². The van der Waals surface area contributed by atoms with E-state index in [9.17, 15) is 4.79 Å². The standard InChI is InChI=1S/C15H9BrN6O/c16-11-4-6-12(7-5-11)18-15(23)14-19-20-21-22(14)13-3-1-2-10(8-13)9-17/h1-8H,(H,18,23). The zero-order valence-electron chi connectivity index (χ0n) is 11.6. The number of nitrogens with one attached hydrogen (secondary N) is 1. The van der Waals surface area contributed by atoms with Gasteiger partial charge >= 0.3 is 0 Å². The van der Waals surface area contributed by atoms with Gasteiger partial charge in [-0.2, -0.15) is 9.94 Å². The fourth-order valence-corrected chi connectivity index (χ4v) is 2.19. The van der Waals surface area contributed by atoms with E-state index in [0.717, 1.165) is 4.47 Å². The van der Waals surface area contributed by atoms with E-state index in [1.165, 1.54) is 4.68 Å². The first kappa shape index (κ1) is 14.9. The summed E-state index contributed by atoms with van der Waals surface area (Å²) in [6.45, 7) is 0. The van der Waals surface area contributed by atoms with Crippen LogP contribution in [0.5, 0.6) is 0 Å². The molecule has 2 aromatic carbocycles. The van der Waals surface area contributed by atoms with Crippen molar-refractivity contribution in [2.45, 2.75) is 0 Å². The first-order valence-corrected chi connectivity index (χ1v) is 7.32. The van der Waals surface area contributed by atoms with E-state index < -0.39 is 5.91 Å². The van der Waals surface area contributed by atoms with Crippen molar-refractivity contribution < 1.29 is 4.79 Å². The third-order valence-electron chi connectivity index (χ3n) is 2.99. The van der Waals surface area contributed by atoms with Gasteiger partial charge in [0.15, 0.2) is 0 Å². The van der Waals surface area contributed by atoms with Crippen molar-refractivity contribution in [3.63, 3.8) is 0 Å². The molecule has 1 heterocycles. The van der Waals surface area contributed by atoms with E-state index in [2.05, 4.69) is 36.8 Å². The van der Waals surface area contributed by atoms with Crippen LogP contribution >= 0.6 is 15.9 Å². The van der Waals surface area contributed by atoms with Crippen LogP contribution in [0.1, 0.15) is 16.2 Å². The maximum absolute atomic E-state index is 12.4. The summed E-state index contributed by atoms with van der Waals surface area (Å²) >= 11 is 3.33. The Hall–Kier alpha value is -3.05. The number of hydrogen-bond acceptors (Lipinski definition) is 5. The minimum Gasteiger partial charge on any atom is -0.319 e. The summed E-state index contributed by atoms with van der Waals surface area (Å²) in [5, 5.41) is 22.8. The molecule has 8 heteroatoms. The molecule has 0 unspecified atom stereocenters. The van der Waals surface area contributed by atoms with Crippen LogP contribution in [0.2, 0.25) is 0 Å². The van der Waals surface area contributed by atoms with Crippen LogP contribution in [-0.2, 0) is 0 Å². The van der Waals surface area contributed by atoms with Crippen LogP contribution in [0.4, 0.5) is 5.69 Å². The van der Waals surface area contributed by atoms with Gasteiger partial charge in [0.25, 0.3) is 5.91 Å². The second-order valence-electron chi connectivity index (χ2n) is 4.54. The summed E-state index contributed by atoms with van der Waals surface area (Å²) in [7, 11) is 0. The van der Waals surface area contributed by atoms with E-state index >= 15 is 0 Å². The van der Waals surface area contributed by atoms with Crippen LogP contribution < -0.4 is 5.32 Å². The molecule has 0 saturated heterocycles. The number of tetrazole rings is 1. The zero-order chi connectivity index (χ0) is 16.2. The summed E-state index contributed by atoms with van der Waals surface area (Å²) in [6, 6.07) is 15.9. The third-order valence-corrected chi connectivity index (χ3v) is 3.52. The summed E-state index contributed by atoms with van der Waals surface area (Å²) in [5.74, 6) is -0.414. The zero-order valence-corrected chi connectivity index (χ0v) is 13.2. The molecule has 3 aromatic rings. The van der Waals surface area contributed by atoms with E-state index in [-0.39, 0.29) is 5.82 Å². The van der Waals surface area contributed by atoms with Gasteiger partial charge in [0.05, 0.1) is 17.3 Å². The smallest absolute Gasteiger partial charge is 0.295 e. The van der Waals surface area contributed by atoms with Crippen LogP contribution in [0.15, 0.2) is 53.0 Å². The number of aromatic nitrogens is 4. The topological polar surface area (TPSA) is 96.5 Å². The Morgan fingerprint density at radius 1 is 1.22 bits per heavy atom. The molecule has 0 spiro atoms. The predicted octanol–water partition coefficient (Wildman–Crippen LogP) is 2.55. The monoisotopic (exact) mass is 368 g/mol. The predicted molar refractivity (Wildman–Crippen MR) is 86.0 cm³/mol. The highest BCUT2D eigenvalue weighted by molar-refractivity contribution is 9.10. The third kappa shape index (κ3) is 3.25. The van der Waals surface area contributed by atoms with Crippen LogP contribution in [0.25, 0.3) is 5.69 Å². The highest BCUT2D eigenvalue weighted by atomic mass is 79.9. The minimum absolute atomic E-state index is 0.0306. The van der Waals surface area contributed by atoms with E-state index in [1.807, 2.05) is 18.2 Å². The molecular weight excluding hydrogens is 360 g/mol. The Balaban J connectivity index is 1.89. The van der Waals surface area contributed by atoms with Gasteiger partial charge in [0.2, 0.25) is 5.82 Å². The van der Waals surface area contributed by atoms with Gasteiger partial charge in [-0.3, -0.25) is 4.79 Å². The van der Waals surface area contributed by atoms with Crippen LogP contribution in [0, 0.1) is 11.3 Å². The molecule has 7 nitrogen and oxygen atoms in total. The first-order chi connectivity index (χ1) is 11.2. The number of benzene rings is 2. The quantitative estimate of drug-likeness (QED) is 0.765. The molecular formula is C15H9BrN6O. The lowest BCUT2D eigenvalue weighted by Crippen LogP contribution is -2.18. The average Bonchev–Trinajstić information content (AvgIpc) is 3.07. The van der Waals surface area contributed by atoms with Crippen molar-refractivity contribution >= 4 is 27.5 Å². The second-order valence-corrected chi connectivity index (χ2v) is 5.45. The molecule has 0 saturated carbocycles. The van der Waals surface area contributed by atoms with Gasteiger partial charge in [0.1, 0.15) is 0 Å². The Bertz CT molecular complexity index is 897. The number of hydrogen-bond donors (Lipinski definition) is 1. The largest absolute Gasteiger partial charge is 0.319 e. The molecule has 23 heavy (non-hydrogen) atoms. The molecule has 3 rings (SSSR count). The summed E-state index contributed by atoms with van der Waals surface area (Å²) < 4.78 is 2.20. The fourth-order valence-electron chi connectivity index (χ4n) is 1.93. The lowest BCUT2D eigenvalue weighted by molar-refractivity contribution is 0.101. The molecule has 0 fully saturated rings. The number of carbonyl (C=O) groups is 1. The molecule has 0 bridgehead atoms. The van der Waals surface area contributed by atoms with Crippen molar-refractivity contribution in [2.75, 3.05) is 5.32 Å². The van der Waals surface area contributed by atoms with Gasteiger partial charge in [-0.1, -0.05) is 22.0 Å². The molecule has 0 aliphatic rings. The van der Waals surface area contributed by atoms with Crippen LogP contribution in [-0.4, -0.2) is 26.1 Å². The molecule has 0 aliphatic carbocycles. The summed E-state index contributed by atoms with van der Waals surface area (Å²) in [4.78, 5) is 12.4. The molecule has 0 atom stereocenters. The van der Waals surface area contributed by atoms with E-state index in [4.69, 9.17) is 5.26 Å². The fraction of sp³-hybridized carbons (Fsp3) is 0. The van der Waals surface area contributed by atoms with Crippen LogP contribution in [0.3, 0.4) is 0 Å². The number of nitriles is 1. The maximum Gasteiger partial charge on any atom is 0.295 e. The lowest BCUT2D eigenvalue weighted by atomic mass is 10.2. The molecule has 0 radical (unpaired) electrons. The maximum atomic E-state index is 12.4.